The summed E-state index contributed by atoms with van der Waals surface area (Å²) in [6.07, 6.45) is 1.14. The van der Waals surface area contributed by atoms with Crippen molar-refractivity contribution in [2.75, 3.05) is 23.0 Å². The average Bonchev–Trinajstić information content (AvgIpc) is 3.21. The molecular weight excluding hydrogens is 477 g/mol. The van der Waals surface area contributed by atoms with Crippen LogP contribution in [-0.2, 0) is 0 Å². The topological polar surface area (TPSA) is 47.6 Å². The van der Waals surface area contributed by atoms with Gasteiger partial charge in [0.15, 0.2) is 0 Å². The van der Waals surface area contributed by atoms with E-state index >= 15 is 0 Å². The third kappa shape index (κ3) is 7.11. The molecule has 0 bridgehead atoms. The lowest BCUT2D eigenvalue weighted by Gasteiger charge is -2.02. The Hall–Kier alpha value is 1.000. The summed E-state index contributed by atoms with van der Waals surface area (Å²) in [5.74, 6) is 3.86. The SMILES string of the molecule is CCSC1=C(SCC)SC(=C2SC(SCCC#N)=C(SCCC#N)S2)S1. The lowest BCUT2D eigenvalue weighted by atomic mass is 10.6. The van der Waals surface area contributed by atoms with Gasteiger partial charge >= 0.3 is 0 Å². The first kappa shape index (κ1) is 23.3. The molecule has 0 saturated carbocycles. The fourth-order valence-corrected chi connectivity index (χ4v) is 13.3. The maximum Gasteiger partial charge on any atom is 0.0717 e. The van der Waals surface area contributed by atoms with Crippen molar-refractivity contribution in [1.82, 2.24) is 0 Å². The summed E-state index contributed by atoms with van der Waals surface area (Å²) in [5.41, 5.74) is 0. The van der Waals surface area contributed by atoms with Crippen LogP contribution in [0.3, 0.4) is 0 Å². The largest absolute Gasteiger partial charge is 0.198 e. The predicted molar refractivity (Wildman–Crippen MR) is 133 cm³/mol. The first-order valence-electron chi connectivity index (χ1n) is 7.92. The van der Waals surface area contributed by atoms with E-state index in [1.165, 1.54) is 25.4 Å². The van der Waals surface area contributed by atoms with Crippen molar-refractivity contribution >= 4 is 94.1 Å². The normalized spacial score (nSPS) is 17.2. The van der Waals surface area contributed by atoms with Crippen LogP contribution in [0.25, 0.3) is 0 Å². The number of nitriles is 2. The fraction of sp³-hybridized carbons (Fsp3) is 0.500. The van der Waals surface area contributed by atoms with Gasteiger partial charge in [-0.25, -0.2) is 0 Å². The molecule has 0 radical (unpaired) electrons. The quantitative estimate of drug-likeness (QED) is 0.278. The van der Waals surface area contributed by atoms with Gasteiger partial charge in [-0.1, -0.05) is 60.9 Å². The lowest BCUT2D eigenvalue weighted by Crippen LogP contribution is -1.79. The highest BCUT2D eigenvalue weighted by molar-refractivity contribution is 8.45. The maximum absolute atomic E-state index is 8.80. The molecule has 0 amide bonds. The molecule has 0 aromatic heterocycles. The van der Waals surface area contributed by atoms with Gasteiger partial charge < -0.3 is 0 Å². The van der Waals surface area contributed by atoms with E-state index in [0.29, 0.717) is 12.8 Å². The molecule has 2 heterocycles. The third-order valence-electron chi connectivity index (χ3n) is 2.69. The summed E-state index contributed by atoms with van der Waals surface area (Å²) in [5, 5.41) is 17.6. The minimum absolute atomic E-state index is 0.571. The molecule has 0 fully saturated rings. The number of hydrogen-bond donors (Lipinski definition) is 0. The summed E-state index contributed by atoms with van der Waals surface area (Å²) in [6.45, 7) is 4.41. The Morgan fingerprint density at radius 2 is 1.00 bits per heavy atom. The molecule has 0 atom stereocenters. The van der Waals surface area contributed by atoms with Crippen molar-refractivity contribution in [3.8, 4) is 12.1 Å². The lowest BCUT2D eigenvalue weighted by molar-refractivity contribution is 1.24. The minimum Gasteiger partial charge on any atom is -0.198 e. The van der Waals surface area contributed by atoms with Crippen LogP contribution < -0.4 is 0 Å². The average molecular weight is 495 g/mol. The van der Waals surface area contributed by atoms with Crippen LogP contribution in [0.5, 0.6) is 0 Å². The number of nitrogens with zero attached hydrogens (tertiary/aromatic N) is 2. The van der Waals surface area contributed by atoms with Crippen LogP contribution in [0.4, 0.5) is 0 Å². The van der Waals surface area contributed by atoms with Crippen molar-refractivity contribution in [3.05, 3.63) is 25.4 Å². The van der Waals surface area contributed by atoms with E-state index in [1.54, 1.807) is 23.5 Å². The summed E-state index contributed by atoms with van der Waals surface area (Å²) < 4.78 is 8.24. The summed E-state index contributed by atoms with van der Waals surface area (Å²) in [6, 6.07) is 4.45. The first-order chi connectivity index (χ1) is 12.7. The van der Waals surface area contributed by atoms with Crippen molar-refractivity contribution < 1.29 is 0 Å². The molecule has 2 nitrogen and oxygen atoms in total. The van der Waals surface area contributed by atoms with Crippen LogP contribution in [0.1, 0.15) is 26.7 Å². The monoisotopic (exact) mass is 494 g/mol. The van der Waals surface area contributed by atoms with Gasteiger partial charge in [0, 0.05) is 24.3 Å². The Morgan fingerprint density at radius 1 is 0.654 bits per heavy atom. The zero-order valence-corrected chi connectivity index (χ0v) is 20.9. The minimum atomic E-state index is 0.571. The molecule has 2 rings (SSSR count). The predicted octanol–water partition coefficient (Wildman–Crippen LogP) is 8.13. The van der Waals surface area contributed by atoms with Gasteiger partial charge in [-0.05, 0) is 11.5 Å². The number of thioether (sulfide) groups is 8. The molecular formula is C16H18N2S8. The Labute approximate surface area is 190 Å². The van der Waals surface area contributed by atoms with Gasteiger partial charge in [0.1, 0.15) is 0 Å². The Morgan fingerprint density at radius 3 is 1.31 bits per heavy atom. The molecule has 0 aromatic carbocycles. The molecule has 10 heteroatoms. The van der Waals surface area contributed by atoms with Crippen molar-refractivity contribution in [3.63, 3.8) is 0 Å². The van der Waals surface area contributed by atoms with Crippen LogP contribution in [0.15, 0.2) is 25.4 Å². The second-order valence-electron chi connectivity index (χ2n) is 4.51. The summed E-state index contributed by atoms with van der Waals surface area (Å²) >= 11 is 15.0. The molecule has 0 aliphatic carbocycles. The van der Waals surface area contributed by atoms with Crippen LogP contribution in [-0.4, -0.2) is 23.0 Å². The van der Waals surface area contributed by atoms with Gasteiger partial charge in [0.25, 0.3) is 0 Å². The zero-order valence-electron chi connectivity index (χ0n) is 14.4. The molecule has 0 N–H and O–H groups in total. The van der Waals surface area contributed by atoms with E-state index in [-0.39, 0.29) is 0 Å². The second-order valence-corrected chi connectivity index (χ2v) is 14.9. The van der Waals surface area contributed by atoms with E-state index in [4.69, 9.17) is 10.5 Å². The van der Waals surface area contributed by atoms with Crippen LogP contribution >= 0.6 is 94.1 Å². The second kappa shape index (κ2) is 13.3. The maximum atomic E-state index is 8.80. The number of rotatable bonds is 10. The van der Waals surface area contributed by atoms with Gasteiger partial charge in [0.2, 0.25) is 0 Å². The van der Waals surface area contributed by atoms with E-state index < -0.39 is 0 Å². The van der Waals surface area contributed by atoms with Crippen molar-refractivity contribution in [2.24, 2.45) is 0 Å². The van der Waals surface area contributed by atoms with Gasteiger partial charge in [-0.2, -0.15) is 10.5 Å². The molecule has 0 spiro atoms. The zero-order chi connectivity index (χ0) is 18.8. The summed E-state index contributed by atoms with van der Waals surface area (Å²) in [7, 11) is 0. The Kier molecular flexibility index (Phi) is 11.9. The van der Waals surface area contributed by atoms with Crippen LogP contribution in [0, 0.1) is 22.7 Å². The molecule has 140 valence electrons. The van der Waals surface area contributed by atoms with Crippen molar-refractivity contribution in [2.45, 2.75) is 26.7 Å². The van der Waals surface area contributed by atoms with Crippen molar-refractivity contribution in [1.29, 1.82) is 10.5 Å². The Balaban J connectivity index is 2.08. The fourth-order valence-electron chi connectivity index (χ4n) is 1.71. The van der Waals surface area contributed by atoms with E-state index in [2.05, 4.69) is 26.0 Å². The van der Waals surface area contributed by atoms with E-state index in [9.17, 15) is 0 Å². The highest BCUT2D eigenvalue weighted by Crippen LogP contribution is 2.66. The molecule has 0 unspecified atom stereocenters. The molecule has 0 saturated heterocycles. The third-order valence-corrected chi connectivity index (χ3v) is 14.0. The van der Waals surface area contributed by atoms with Gasteiger partial charge in [-0.3, -0.25) is 0 Å². The van der Waals surface area contributed by atoms with Crippen LogP contribution in [0.2, 0.25) is 0 Å². The highest BCUT2D eigenvalue weighted by atomic mass is 32.3. The molecule has 2 aliphatic rings. The standard InChI is InChI=1S/C16H18N2S8/c1-3-19-11-12(20-4-2)24-15(23-11)16-25-13(21-9-5-7-17)14(26-16)22-10-6-8-18/h3-6,9-10H2,1-2H3. The molecule has 26 heavy (non-hydrogen) atoms. The Bertz CT molecular complexity index is 629. The van der Waals surface area contributed by atoms with Gasteiger partial charge in [0.05, 0.1) is 37.6 Å². The molecule has 0 aromatic rings. The molecule has 2 aliphatic heterocycles. The first-order valence-corrected chi connectivity index (χ1v) is 15.1. The van der Waals surface area contributed by atoms with Gasteiger partial charge in [-0.15, -0.1) is 47.0 Å². The smallest absolute Gasteiger partial charge is 0.0717 e. The van der Waals surface area contributed by atoms with E-state index in [0.717, 1.165) is 23.0 Å². The summed E-state index contributed by atoms with van der Waals surface area (Å²) in [4.78, 5) is 0. The highest BCUT2D eigenvalue weighted by Gasteiger charge is 2.30. The van der Waals surface area contributed by atoms with E-state index in [1.807, 2.05) is 70.6 Å². The number of hydrogen-bond acceptors (Lipinski definition) is 10.